The van der Waals surface area contributed by atoms with E-state index in [-0.39, 0.29) is 0 Å². The van der Waals surface area contributed by atoms with Crippen LogP contribution in [0.15, 0.2) is 0 Å². The number of carboxylic acids is 1. The van der Waals surface area contributed by atoms with Gasteiger partial charge in [-0.1, -0.05) is 0 Å². The van der Waals surface area contributed by atoms with Crippen LogP contribution in [-0.4, -0.2) is 502 Å². The highest BCUT2D eigenvalue weighted by Gasteiger charge is 2.60. The third kappa shape index (κ3) is 19.1. The second-order valence-corrected chi connectivity index (χ2v) is 27.0. The first-order valence-corrected chi connectivity index (χ1v) is 34.0. The van der Waals surface area contributed by atoms with E-state index in [1.807, 2.05) is 0 Å². The minimum atomic E-state index is -2.53. The van der Waals surface area contributed by atoms with E-state index in [1.165, 1.54) is 0 Å². The van der Waals surface area contributed by atoms with E-state index in [2.05, 4.69) is 5.32 Å². The van der Waals surface area contributed by atoms with Crippen molar-refractivity contribution < 1.29 is 238 Å². The summed E-state index contributed by atoms with van der Waals surface area (Å²) in [5.41, 5.74) is 5.61. The summed E-state index contributed by atoms with van der Waals surface area (Å²) >= 11 is 0. The minimum Gasteiger partial charge on any atom is -0.480 e. The van der Waals surface area contributed by atoms with Gasteiger partial charge >= 0.3 is 5.97 Å². The molecule has 108 heavy (non-hydrogen) atoms. The van der Waals surface area contributed by atoms with Crippen LogP contribution in [0.25, 0.3) is 0 Å². The zero-order valence-electron chi connectivity index (χ0n) is 56.4. The number of aliphatic carboxylic acids is 1. The largest absolute Gasteiger partial charge is 0.480 e. The molecule has 9 rings (SSSR count). The van der Waals surface area contributed by atoms with E-state index in [0.29, 0.717) is 0 Å². The average molecular weight is 1590 g/mol. The van der Waals surface area contributed by atoms with Crippen LogP contribution in [0.1, 0.15) is 6.42 Å². The molecule has 50 heteroatoms. The fourth-order valence-electron chi connectivity index (χ4n) is 13.3. The highest BCUT2D eigenvalue weighted by molar-refractivity contribution is 5.84. The van der Waals surface area contributed by atoms with E-state index in [0.717, 1.165) is 0 Å². The molecule has 46 atom stereocenters. The Morgan fingerprint density at radius 2 is 0.528 bits per heavy atom. The van der Waals surface area contributed by atoms with E-state index >= 15 is 0 Å². The van der Waals surface area contributed by atoms with Gasteiger partial charge in [-0.15, -0.1) is 0 Å². The number of aliphatic hydroxyl groups excluding tert-OH is 28. The SMILES string of the molecule is N[C@@H](CC(=O)N[C@H]1O[C@H](CO[C@H]2O[C@H](CO[C@H]3O[C@H](CO)[C@@H](O)[C@H](O)[C@@H]3O[C@H]3O[C@H](CO)[C@@H](O)[C@H](O)[C@@H]3O)[C@@H](O)[C@H](O[C@H]3O[C@H](CO)[C@@H](O)[C@H](O)[C@@H]3O[C@H]3O[C@H](CO)[C@@H](O)[C@H](O)[C@@H]3O)[C@@H]2O)[C@@H](O)[C@H](O[C@H]2O[C@H](CO)[C@@H](O)[C@H](O)[C@@H]2O[C@H]2O[C@H](CO)[C@@H](O)[C@H](O)[C@@H]2O[C@H]2O[C@H](CO)[C@@H](O)[C@H](O)[C@@H]2O)[C@@H]1O)C(=O)O. The van der Waals surface area contributed by atoms with Gasteiger partial charge in [0, 0.05) is 0 Å². The molecule has 0 radical (unpaired) electrons. The fourth-order valence-corrected chi connectivity index (χ4v) is 13.3. The molecule has 9 aliphatic rings. The Balaban J connectivity index is 1.04. The number of nitrogens with two attached hydrogens (primary N) is 1. The third-order valence-electron chi connectivity index (χ3n) is 19.8. The molecule has 9 heterocycles. The molecule has 628 valence electrons. The molecule has 0 spiro atoms. The Labute approximate surface area is 608 Å². The summed E-state index contributed by atoms with van der Waals surface area (Å²) in [4.78, 5) is 25.3. The van der Waals surface area contributed by atoms with Crippen molar-refractivity contribution >= 4 is 11.9 Å². The maximum absolute atomic E-state index is 13.5. The summed E-state index contributed by atoms with van der Waals surface area (Å²) in [7, 11) is 0. The number of hydrogen-bond donors (Lipinski definition) is 31. The highest BCUT2D eigenvalue weighted by Crippen LogP contribution is 2.39. The van der Waals surface area contributed by atoms with Crippen LogP contribution in [0.2, 0.25) is 0 Å². The summed E-state index contributed by atoms with van der Waals surface area (Å²) in [6.07, 6.45) is -98.3. The Bertz CT molecular complexity index is 2770. The number of amides is 1. The second kappa shape index (κ2) is 38.7. The smallest absolute Gasteiger partial charge is 0.321 e. The van der Waals surface area contributed by atoms with Crippen molar-refractivity contribution in [3.63, 3.8) is 0 Å². The van der Waals surface area contributed by atoms with Crippen LogP contribution in [0.3, 0.4) is 0 Å². The van der Waals surface area contributed by atoms with E-state index < -0.39 is 360 Å². The minimum absolute atomic E-state index is 0.993. The van der Waals surface area contributed by atoms with Crippen molar-refractivity contribution in [2.24, 2.45) is 5.73 Å². The Hall–Kier alpha value is -2.90. The second-order valence-electron chi connectivity index (χ2n) is 27.0. The zero-order chi connectivity index (χ0) is 79.5. The van der Waals surface area contributed by atoms with Crippen LogP contribution in [0.4, 0.5) is 0 Å². The van der Waals surface area contributed by atoms with E-state index in [4.69, 9.17) is 86.3 Å². The van der Waals surface area contributed by atoms with Crippen LogP contribution < -0.4 is 11.1 Å². The lowest BCUT2D eigenvalue weighted by atomic mass is 9.95. The van der Waals surface area contributed by atoms with Crippen molar-refractivity contribution in [3.05, 3.63) is 0 Å². The van der Waals surface area contributed by atoms with Crippen molar-refractivity contribution in [3.8, 4) is 0 Å². The highest BCUT2D eigenvalue weighted by atomic mass is 16.8. The summed E-state index contributed by atoms with van der Waals surface area (Å²) in [6, 6.07) is -1.94. The summed E-state index contributed by atoms with van der Waals surface area (Å²) in [6.45, 7) is -9.98. The lowest BCUT2D eigenvalue weighted by molar-refractivity contribution is -0.402. The molecule has 9 aliphatic heterocycles. The zero-order valence-corrected chi connectivity index (χ0v) is 56.4. The van der Waals surface area contributed by atoms with Crippen molar-refractivity contribution in [1.82, 2.24) is 5.32 Å². The van der Waals surface area contributed by atoms with Crippen LogP contribution in [0.5, 0.6) is 0 Å². The molecule has 9 fully saturated rings. The molecule has 9 saturated heterocycles. The van der Waals surface area contributed by atoms with Gasteiger partial charge < -0.3 is 240 Å². The lowest BCUT2D eigenvalue weighted by Gasteiger charge is -2.50. The number of aliphatic hydroxyl groups is 28. The molecule has 1 amide bonds. The quantitative estimate of drug-likeness (QED) is 0.0331. The third-order valence-corrected chi connectivity index (χ3v) is 19.8. The Morgan fingerprint density at radius 3 is 0.852 bits per heavy atom. The summed E-state index contributed by atoms with van der Waals surface area (Å²) < 4.78 is 98.3. The molecule has 32 N–H and O–H groups in total. The maximum atomic E-state index is 13.5. The van der Waals surface area contributed by atoms with Crippen molar-refractivity contribution in [1.29, 1.82) is 0 Å². The normalized spacial score (nSPS) is 50.8. The van der Waals surface area contributed by atoms with Crippen molar-refractivity contribution in [2.75, 3.05) is 59.5 Å². The first kappa shape index (κ1) is 89.0. The maximum Gasteiger partial charge on any atom is 0.321 e. The molecular weight excluding hydrogens is 1490 g/mol. The number of carboxylic acid groups (broad SMARTS) is 1. The number of nitrogens with one attached hydrogen (secondary N) is 1. The van der Waals surface area contributed by atoms with Gasteiger partial charge in [0.2, 0.25) is 5.91 Å². The van der Waals surface area contributed by atoms with E-state index in [1.54, 1.807) is 0 Å². The topological polar surface area (TPSA) is 816 Å². The standard InChI is InChI=1S/C58H98N2O48/c59-11(50(90)91)1-21(68)60-49-41(88)43(103-57-48(37(84)28(75)17(7-66)100-57)108-58-47(36(83)27(74)18(8-67)101-58)107-54-40(87)33(80)24(71)14(4-63)97-54)29(76)19(94-49)9-92-51-42(89)44(104-56-46(35(82)26(73)16(6-65)99-56)106-53-39(86)32(79)23(70)13(3-62)96-53)30(77)20(102-51)10-93-55-45(34(81)25(72)15(5-64)98-55)105-52-38(85)31(78)22(69)12(2-61)95-52/h11-20,22-49,51-58,61-67,69-89H,1-10,59H2,(H,60,68)(H,90,91)/t11-,12+,13+,14+,15+,16+,17+,18+,19+,20+,22+,23+,24+,25+,26+,27+,28+,29+,30+,31-,32-,33-,34-,35-,36-,37-,38-,39-,40-,41-,42-,43-,44-,45-,46-,47-,48-,49-,51-,52+,53+,54+,55-,56+,57+,58+/m0/s1. The number of ether oxygens (including phenoxy) is 17. The molecular formula is C58H98N2O48. The van der Waals surface area contributed by atoms with Crippen LogP contribution in [0, 0.1) is 0 Å². The molecule has 0 aliphatic carbocycles. The number of rotatable bonds is 29. The predicted octanol–water partition coefficient (Wildman–Crippen LogP) is -21.7. The molecule has 0 bridgehead atoms. The number of carbonyl (C=O) groups is 2. The van der Waals surface area contributed by atoms with Crippen LogP contribution in [-0.2, 0) is 90.1 Å². The monoisotopic (exact) mass is 1590 g/mol. The summed E-state index contributed by atoms with van der Waals surface area (Å²) in [5, 5.41) is 318. The number of carbonyl (C=O) groups excluding carboxylic acids is 1. The Kier molecular flexibility index (Phi) is 31.9. The van der Waals surface area contributed by atoms with Gasteiger partial charge in [0.05, 0.1) is 65.9 Å². The van der Waals surface area contributed by atoms with Gasteiger partial charge in [0.1, 0.15) is 226 Å². The molecule has 0 unspecified atom stereocenters. The van der Waals surface area contributed by atoms with Crippen molar-refractivity contribution in [2.45, 2.75) is 289 Å². The van der Waals surface area contributed by atoms with Gasteiger partial charge in [0.15, 0.2) is 56.5 Å². The molecule has 50 nitrogen and oxygen atoms in total. The van der Waals surface area contributed by atoms with Crippen LogP contribution >= 0.6 is 0 Å². The predicted molar refractivity (Wildman–Crippen MR) is 323 cm³/mol. The fraction of sp³-hybridized carbons (Fsp3) is 0.966. The molecule has 0 saturated carbocycles. The average Bonchev–Trinajstić information content (AvgIpc) is 0.776. The molecule has 0 aromatic heterocycles. The lowest BCUT2D eigenvalue weighted by Crippen LogP contribution is -2.69. The first-order valence-electron chi connectivity index (χ1n) is 34.0. The van der Waals surface area contributed by atoms with Gasteiger partial charge in [0.25, 0.3) is 0 Å². The molecule has 0 aromatic carbocycles. The van der Waals surface area contributed by atoms with Gasteiger partial charge in [-0.2, -0.15) is 0 Å². The van der Waals surface area contributed by atoms with Gasteiger partial charge in [-0.05, 0) is 0 Å². The van der Waals surface area contributed by atoms with Gasteiger partial charge in [-0.25, -0.2) is 0 Å². The first-order chi connectivity index (χ1) is 51.1. The Morgan fingerprint density at radius 1 is 0.278 bits per heavy atom. The molecule has 0 aromatic rings. The van der Waals surface area contributed by atoms with E-state index in [9.17, 15) is 158 Å². The summed E-state index contributed by atoms with van der Waals surface area (Å²) in [5.74, 6) is -3.03. The number of hydrogen-bond acceptors (Lipinski definition) is 48. The van der Waals surface area contributed by atoms with Gasteiger partial charge in [-0.3, -0.25) is 9.59 Å².